The third kappa shape index (κ3) is 4.81. The maximum Gasteiger partial charge on any atom is 0.259 e. The van der Waals surface area contributed by atoms with Crippen LogP contribution in [0.2, 0.25) is 0 Å². The molecule has 0 spiro atoms. The summed E-state index contributed by atoms with van der Waals surface area (Å²) in [5.74, 6) is -1.79. The van der Waals surface area contributed by atoms with Crippen LogP contribution < -0.4 is 10.3 Å². The fourth-order valence-corrected chi connectivity index (χ4v) is 4.72. The number of hydrogen-bond acceptors (Lipinski definition) is 6. The Morgan fingerprint density at radius 3 is 2.82 bits per heavy atom. The van der Waals surface area contributed by atoms with Gasteiger partial charge in [-0.05, 0) is 6.07 Å². The Hall–Kier alpha value is -3.11. The smallest absolute Gasteiger partial charge is 0.259 e. The molecule has 0 N–H and O–H groups in total. The van der Waals surface area contributed by atoms with Crippen LogP contribution in [0.1, 0.15) is 26.6 Å². The van der Waals surface area contributed by atoms with E-state index in [0.29, 0.717) is 43.9 Å². The quantitative estimate of drug-likeness (QED) is 0.550. The van der Waals surface area contributed by atoms with Crippen molar-refractivity contribution in [2.45, 2.75) is 26.1 Å². The van der Waals surface area contributed by atoms with E-state index in [1.807, 2.05) is 10.3 Å². The number of halogens is 2. The Kier molecular flexibility index (Phi) is 6.85. The number of carbonyl (C=O) groups is 1. The molecule has 10 heteroatoms. The topological polar surface area (TPSA) is 67.7 Å². The van der Waals surface area contributed by atoms with Gasteiger partial charge in [0.15, 0.2) is 11.6 Å². The van der Waals surface area contributed by atoms with E-state index in [1.165, 1.54) is 30.6 Å². The first-order valence-corrected chi connectivity index (χ1v) is 11.4. The van der Waals surface area contributed by atoms with Crippen LogP contribution in [0.15, 0.2) is 40.6 Å². The Labute approximate surface area is 193 Å². The van der Waals surface area contributed by atoms with E-state index < -0.39 is 11.6 Å². The number of methoxy groups -OCH3 is 1. The maximum absolute atomic E-state index is 14.2. The van der Waals surface area contributed by atoms with E-state index in [-0.39, 0.29) is 29.3 Å². The SMILES string of the molecule is COc1cc(=O)n2c(c1C(=O)N(C)Cc1nccs1)CCN(Cc1cccc(F)c1F)CC2. The number of hydrogen-bond donors (Lipinski definition) is 0. The molecular weight excluding hydrogens is 450 g/mol. The molecule has 0 fully saturated rings. The van der Waals surface area contributed by atoms with Gasteiger partial charge < -0.3 is 14.2 Å². The van der Waals surface area contributed by atoms with Crippen molar-refractivity contribution in [3.05, 3.63) is 79.7 Å². The van der Waals surface area contributed by atoms with Crippen LogP contribution in [0.5, 0.6) is 5.75 Å². The fraction of sp³-hybridized carbons (Fsp3) is 0.348. The van der Waals surface area contributed by atoms with Crippen LogP contribution in [0.4, 0.5) is 8.78 Å². The van der Waals surface area contributed by atoms with Gasteiger partial charge in [0, 0.05) is 68.5 Å². The Morgan fingerprint density at radius 2 is 2.09 bits per heavy atom. The van der Waals surface area contributed by atoms with Gasteiger partial charge in [0.25, 0.3) is 11.5 Å². The standard InChI is InChI=1S/C23H24F2N4O3S/c1-27(14-19-26-7-11-33-19)23(31)21-17-6-8-28(13-15-4-3-5-16(24)22(15)25)9-10-29(17)20(30)12-18(21)32-2/h3-5,7,11-12H,6,8-10,13-14H2,1-2H3. The second-order valence-electron chi connectivity index (χ2n) is 7.85. The van der Waals surface area contributed by atoms with Gasteiger partial charge in [-0.3, -0.25) is 14.5 Å². The van der Waals surface area contributed by atoms with Crippen LogP contribution >= 0.6 is 11.3 Å². The molecule has 0 saturated carbocycles. The van der Waals surface area contributed by atoms with Crippen molar-refractivity contribution in [1.82, 2.24) is 19.4 Å². The molecule has 7 nitrogen and oxygen atoms in total. The number of aromatic nitrogens is 2. The Bertz CT molecular complexity index is 1210. The van der Waals surface area contributed by atoms with E-state index in [9.17, 15) is 18.4 Å². The molecule has 0 bridgehead atoms. The molecule has 0 unspecified atom stereocenters. The summed E-state index contributed by atoms with van der Waals surface area (Å²) in [5, 5.41) is 2.64. The van der Waals surface area contributed by atoms with Crippen molar-refractivity contribution in [2.75, 3.05) is 27.2 Å². The van der Waals surface area contributed by atoms with Gasteiger partial charge in [-0.15, -0.1) is 11.3 Å². The molecular formula is C23H24F2N4O3S. The van der Waals surface area contributed by atoms with Crippen molar-refractivity contribution in [2.24, 2.45) is 0 Å². The molecule has 0 radical (unpaired) electrons. The summed E-state index contributed by atoms with van der Waals surface area (Å²) in [6, 6.07) is 5.44. The molecule has 0 saturated heterocycles. The van der Waals surface area contributed by atoms with E-state index in [0.717, 1.165) is 11.1 Å². The van der Waals surface area contributed by atoms with Crippen LogP contribution in [-0.2, 0) is 26.1 Å². The highest BCUT2D eigenvalue weighted by molar-refractivity contribution is 7.09. The summed E-state index contributed by atoms with van der Waals surface area (Å²) in [4.78, 5) is 33.9. The fourth-order valence-electron chi connectivity index (χ4n) is 4.05. The minimum absolute atomic E-state index is 0.205. The van der Waals surface area contributed by atoms with Crippen LogP contribution in [0.25, 0.3) is 0 Å². The lowest BCUT2D eigenvalue weighted by molar-refractivity contribution is 0.0779. The monoisotopic (exact) mass is 474 g/mol. The third-order valence-corrected chi connectivity index (χ3v) is 6.51. The van der Waals surface area contributed by atoms with Crippen molar-refractivity contribution in [3.63, 3.8) is 0 Å². The second kappa shape index (κ2) is 9.80. The van der Waals surface area contributed by atoms with Gasteiger partial charge in [0.05, 0.1) is 13.7 Å². The van der Waals surface area contributed by atoms with E-state index in [2.05, 4.69) is 4.98 Å². The lowest BCUT2D eigenvalue weighted by Crippen LogP contribution is -2.32. The first-order valence-electron chi connectivity index (χ1n) is 10.5. The summed E-state index contributed by atoms with van der Waals surface area (Å²) in [6.07, 6.45) is 2.07. The average molecular weight is 475 g/mol. The number of rotatable bonds is 6. The lowest BCUT2D eigenvalue weighted by atomic mass is 10.1. The van der Waals surface area contributed by atoms with Crippen LogP contribution in [-0.4, -0.2) is 52.5 Å². The van der Waals surface area contributed by atoms with E-state index >= 15 is 0 Å². The summed E-state index contributed by atoms with van der Waals surface area (Å²) >= 11 is 1.46. The van der Waals surface area contributed by atoms with Crippen molar-refractivity contribution in [3.8, 4) is 5.75 Å². The number of fused-ring (bicyclic) bond motifs is 1. The molecule has 4 rings (SSSR count). The van der Waals surface area contributed by atoms with Crippen LogP contribution in [0, 0.1) is 11.6 Å². The number of carbonyl (C=O) groups excluding carboxylic acids is 1. The highest BCUT2D eigenvalue weighted by Crippen LogP contribution is 2.25. The van der Waals surface area contributed by atoms with E-state index in [1.54, 1.807) is 28.8 Å². The number of thiazole rings is 1. The number of amides is 1. The zero-order chi connectivity index (χ0) is 23.5. The van der Waals surface area contributed by atoms with Gasteiger partial charge >= 0.3 is 0 Å². The predicted octanol–water partition coefficient (Wildman–Crippen LogP) is 2.92. The molecule has 174 valence electrons. The number of ether oxygens (including phenoxy) is 1. The molecule has 1 aliphatic rings. The molecule has 33 heavy (non-hydrogen) atoms. The van der Waals surface area contributed by atoms with Crippen LogP contribution in [0.3, 0.4) is 0 Å². The largest absolute Gasteiger partial charge is 0.496 e. The lowest BCUT2D eigenvalue weighted by Gasteiger charge is -2.21. The zero-order valence-electron chi connectivity index (χ0n) is 18.4. The minimum atomic E-state index is -0.886. The molecule has 0 aliphatic carbocycles. The van der Waals surface area contributed by atoms with Gasteiger partial charge in [0.2, 0.25) is 0 Å². The number of benzene rings is 1. The van der Waals surface area contributed by atoms with Gasteiger partial charge in [-0.2, -0.15) is 0 Å². The van der Waals surface area contributed by atoms with E-state index in [4.69, 9.17) is 4.74 Å². The van der Waals surface area contributed by atoms with Gasteiger partial charge in [-0.25, -0.2) is 13.8 Å². The Morgan fingerprint density at radius 1 is 1.27 bits per heavy atom. The maximum atomic E-state index is 14.2. The average Bonchev–Trinajstić information content (AvgIpc) is 3.22. The minimum Gasteiger partial charge on any atom is -0.496 e. The molecule has 0 atom stereocenters. The van der Waals surface area contributed by atoms with Crippen molar-refractivity contribution < 1.29 is 18.3 Å². The third-order valence-electron chi connectivity index (χ3n) is 5.75. The summed E-state index contributed by atoms with van der Waals surface area (Å²) in [6.45, 7) is 1.79. The molecule has 3 aromatic rings. The Balaban J connectivity index is 1.62. The summed E-state index contributed by atoms with van der Waals surface area (Å²) in [5.41, 5.74) is 0.914. The summed E-state index contributed by atoms with van der Waals surface area (Å²) < 4.78 is 34.8. The molecule has 1 aromatic carbocycles. The number of pyridine rings is 1. The second-order valence-corrected chi connectivity index (χ2v) is 8.83. The highest BCUT2D eigenvalue weighted by Gasteiger charge is 2.27. The van der Waals surface area contributed by atoms with Crippen molar-refractivity contribution >= 4 is 17.2 Å². The normalized spacial score (nSPS) is 13.9. The molecule has 3 heterocycles. The van der Waals surface area contributed by atoms with Gasteiger partial charge in [0.1, 0.15) is 16.3 Å². The molecule has 2 aromatic heterocycles. The zero-order valence-corrected chi connectivity index (χ0v) is 19.2. The number of nitrogens with zero attached hydrogens (tertiary/aromatic N) is 4. The first-order chi connectivity index (χ1) is 15.9. The highest BCUT2D eigenvalue weighted by atomic mass is 32.1. The summed E-state index contributed by atoms with van der Waals surface area (Å²) in [7, 11) is 3.11. The first kappa shape index (κ1) is 23.1. The van der Waals surface area contributed by atoms with Gasteiger partial charge in [-0.1, -0.05) is 12.1 Å². The van der Waals surface area contributed by atoms with Crippen molar-refractivity contribution in [1.29, 1.82) is 0 Å². The molecule has 1 amide bonds. The predicted molar refractivity (Wildman–Crippen MR) is 121 cm³/mol. The molecule has 1 aliphatic heterocycles.